The Morgan fingerprint density at radius 1 is 1.53 bits per heavy atom. The highest BCUT2D eigenvalue weighted by Gasteiger charge is 2.19. The van der Waals surface area contributed by atoms with Gasteiger partial charge in [0.25, 0.3) is 5.56 Å². The van der Waals surface area contributed by atoms with E-state index in [1.807, 2.05) is 0 Å². The summed E-state index contributed by atoms with van der Waals surface area (Å²) in [5.41, 5.74) is 6.62. The van der Waals surface area contributed by atoms with Crippen molar-refractivity contribution in [2.24, 2.45) is 5.73 Å². The van der Waals surface area contributed by atoms with Crippen LogP contribution in [0.2, 0.25) is 0 Å². The first-order valence-corrected chi connectivity index (χ1v) is 4.97. The quantitative estimate of drug-likeness (QED) is 0.711. The maximum Gasteiger partial charge on any atom is 0.257 e. The van der Waals surface area contributed by atoms with Gasteiger partial charge in [-0.3, -0.25) is 14.2 Å². The number of rotatable bonds is 2. The first kappa shape index (κ1) is 9.89. The van der Waals surface area contributed by atoms with Crippen LogP contribution in [-0.2, 0) is 24.2 Å². The molecular formula is C10H13N3O2. The predicted octanol–water partition coefficient (Wildman–Crippen LogP) is -0.474. The first-order chi connectivity index (χ1) is 7.09. The number of hydrogen-bond donors (Lipinski definition) is 1. The van der Waals surface area contributed by atoms with Gasteiger partial charge in [0.1, 0.15) is 12.4 Å². The Balaban J connectivity index is 2.56. The average molecular weight is 207 g/mol. The molecule has 0 fully saturated rings. The van der Waals surface area contributed by atoms with E-state index in [4.69, 9.17) is 5.73 Å². The molecule has 0 bridgehead atoms. The maximum atomic E-state index is 11.9. The van der Waals surface area contributed by atoms with Crippen molar-refractivity contribution in [1.29, 1.82) is 0 Å². The molecule has 5 heteroatoms. The maximum absolute atomic E-state index is 11.9. The standard InChI is InChI=1S/C10H13N3O2/c1-6-12-8-4-2-3-7(8)10(15)13(6)5-9(11)14/h2-5H2,1H3,(H2,11,14). The third kappa shape index (κ3) is 1.65. The fraction of sp³-hybridized carbons (Fsp3) is 0.500. The Bertz CT molecular complexity index is 476. The van der Waals surface area contributed by atoms with Gasteiger partial charge in [0.2, 0.25) is 5.91 Å². The SMILES string of the molecule is Cc1nc2c(c(=O)n1CC(N)=O)CCC2. The third-order valence-corrected chi connectivity index (χ3v) is 2.69. The van der Waals surface area contributed by atoms with Gasteiger partial charge >= 0.3 is 0 Å². The van der Waals surface area contributed by atoms with Crippen LogP contribution in [0.3, 0.4) is 0 Å². The molecule has 80 valence electrons. The van der Waals surface area contributed by atoms with Crippen molar-refractivity contribution in [2.45, 2.75) is 32.7 Å². The molecule has 5 nitrogen and oxygen atoms in total. The fourth-order valence-electron chi connectivity index (χ4n) is 1.99. The molecule has 0 saturated heterocycles. The van der Waals surface area contributed by atoms with Gasteiger partial charge in [0.15, 0.2) is 0 Å². The number of aryl methyl sites for hydroxylation is 2. The summed E-state index contributed by atoms with van der Waals surface area (Å²) < 4.78 is 1.35. The zero-order chi connectivity index (χ0) is 11.0. The number of nitrogens with two attached hydrogens (primary N) is 1. The minimum atomic E-state index is -0.514. The normalized spacial score (nSPS) is 13.9. The summed E-state index contributed by atoms with van der Waals surface area (Å²) >= 11 is 0. The van der Waals surface area contributed by atoms with Crippen LogP contribution in [0.15, 0.2) is 4.79 Å². The molecule has 1 aromatic rings. The Morgan fingerprint density at radius 3 is 2.93 bits per heavy atom. The van der Waals surface area contributed by atoms with E-state index in [0.29, 0.717) is 5.82 Å². The number of nitrogens with zero attached hydrogens (tertiary/aromatic N) is 2. The second kappa shape index (κ2) is 3.49. The van der Waals surface area contributed by atoms with E-state index in [2.05, 4.69) is 4.98 Å². The molecule has 1 aliphatic carbocycles. The summed E-state index contributed by atoms with van der Waals surface area (Å²) in [5.74, 6) is 0.0550. The van der Waals surface area contributed by atoms with Crippen molar-refractivity contribution in [1.82, 2.24) is 9.55 Å². The highest BCUT2D eigenvalue weighted by Crippen LogP contribution is 2.16. The average Bonchev–Trinajstić information content (AvgIpc) is 2.59. The van der Waals surface area contributed by atoms with Crippen molar-refractivity contribution in [2.75, 3.05) is 0 Å². The number of carbonyl (C=O) groups excluding carboxylic acids is 1. The zero-order valence-corrected chi connectivity index (χ0v) is 8.62. The van der Waals surface area contributed by atoms with E-state index in [1.165, 1.54) is 4.57 Å². The molecule has 0 atom stereocenters. The fourth-order valence-corrected chi connectivity index (χ4v) is 1.99. The molecule has 0 unspecified atom stereocenters. The number of hydrogen-bond acceptors (Lipinski definition) is 3. The van der Waals surface area contributed by atoms with Crippen molar-refractivity contribution in [3.05, 3.63) is 27.4 Å². The highest BCUT2D eigenvalue weighted by atomic mass is 16.2. The minimum absolute atomic E-state index is 0.0784. The number of fused-ring (bicyclic) bond motifs is 1. The summed E-state index contributed by atoms with van der Waals surface area (Å²) in [6, 6.07) is 0. The van der Waals surface area contributed by atoms with Crippen molar-refractivity contribution in [3.8, 4) is 0 Å². The summed E-state index contributed by atoms with van der Waals surface area (Å²) in [6.07, 6.45) is 2.60. The lowest BCUT2D eigenvalue weighted by Crippen LogP contribution is -2.32. The first-order valence-electron chi connectivity index (χ1n) is 4.97. The lowest BCUT2D eigenvalue weighted by molar-refractivity contribution is -0.118. The number of primary amides is 1. The lowest BCUT2D eigenvalue weighted by Gasteiger charge is -2.09. The van der Waals surface area contributed by atoms with Gasteiger partial charge in [-0.15, -0.1) is 0 Å². The van der Waals surface area contributed by atoms with E-state index >= 15 is 0 Å². The minimum Gasteiger partial charge on any atom is -0.368 e. The monoisotopic (exact) mass is 207 g/mol. The van der Waals surface area contributed by atoms with E-state index in [-0.39, 0.29) is 12.1 Å². The molecule has 1 aliphatic rings. The zero-order valence-electron chi connectivity index (χ0n) is 8.62. The van der Waals surface area contributed by atoms with Crippen LogP contribution < -0.4 is 11.3 Å². The second-order valence-electron chi connectivity index (χ2n) is 3.80. The largest absolute Gasteiger partial charge is 0.368 e. The van der Waals surface area contributed by atoms with Gasteiger partial charge in [0, 0.05) is 5.56 Å². The van der Waals surface area contributed by atoms with Crippen molar-refractivity contribution in [3.63, 3.8) is 0 Å². The van der Waals surface area contributed by atoms with Crippen LogP contribution in [-0.4, -0.2) is 15.5 Å². The summed E-state index contributed by atoms with van der Waals surface area (Å²) in [7, 11) is 0. The van der Waals surface area contributed by atoms with E-state index < -0.39 is 5.91 Å². The molecule has 2 N–H and O–H groups in total. The molecule has 2 rings (SSSR count). The van der Waals surface area contributed by atoms with Crippen molar-refractivity contribution < 1.29 is 4.79 Å². The summed E-state index contributed by atoms with van der Waals surface area (Å²) in [4.78, 5) is 27.1. The number of amides is 1. The molecule has 0 radical (unpaired) electrons. The third-order valence-electron chi connectivity index (χ3n) is 2.69. The van der Waals surface area contributed by atoms with Gasteiger partial charge in [-0.25, -0.2) is 4.98 Å². The molecule has 1 aromatic heterocycles. The van der Waals surface area contributed by atoms with Crippen LogP contribution in [0.4, 0.5) is 0 Å². The van der Waals surface area contributed by atoms with Crippen LogP contribution >= 0.6 is 0 Å². The summed E-state index contributed by atoms with van der Waals surface area (Å²) in [5, 5.41) is 0. The molecule has 0 aromatic carbocycles. The van der Waals surface area contributed by atoms with E-state index in [9.17, 15) is 9.59 Å². The molecule has 0 aliphatic heterocycles. The Hall–Kier alpha value is -1.65. The number of carbonyl (C=O) groups is 1. The molecule has 0 spiro atoms. The van der Waals surface area contributed by atoms with Crippen LogP contribution in [0.5, 0.6) is 0 Å². The molecule has 1 heterocycles. The molecule has 0 saturated carbocycles. The van der Waals surface area contributed by atoms with E-state index in [0.717, 1.165) is 30.5 Å². The Kier molecular flexibility index (Phi) is 2.30. The number of aromatic nitrogens is 2. The molecule has 15 heavy (non-hydrogen) atoms. The Labute approximate surface area is 86.9 Å². The van der Waals surface area contributed by atoms with Crippen LogP contribution in [0.1, 0.15) is 23.5 Å². The smallest absolute Gasteiger partial charge is 0.257 e. The topological polar surface area (TPSA) is 78.0 Å². The lowest BCUT2D eigenvalue weighted by atomic mass is 10.2. The van der Waals surface area contributed by atoms with Crippen molar-refractivity contribution >= 4 is 5.91 Å². The second-order valence-corrected chi connectivity index (χ2v) is 3.80. The Morgan fingerprint density at radius 2 is 2.27 bits per heavy atom. The highest BCUT2D eigenvalue weighted by molar-refractivity contribution is 5.73. The van der Waals surface area contributed by atoms with Gasteiger partial charge in [0.05, 0.1) is 5.69 Å². The van der Waals surface area contributed by atoms with Gasteiger partial charge in [-0.05, 0) is 26.2 Å². The van der Waals surface area contributed by atoms with E-state index in [1.54, 1.807) is 6.92 Å². The van der Waals surface area contributed by atoms with Crippen LogP contribution in [0, 0.1) is 6.92 Å². The molecular weight excluding hydrogens is 194 g/mol. The molecule has 1 amide bonds. The van der Waals surface area contributed by atoms with Gasteiger partial charge in [-0.2, -0.15) is 0 Å². The van der Waals surface area contributed by atoms with Gasteiger partial charge in [-0.1, -0.05) is 0 Å². The van der Waals surface area contributed by atoms with Crippen LogP contribution in [0.25, 0.3) is 0 Å². The summed E-state index contributed by atoms with van der Waals surface area (Å²) in [6.45, 7) is 1.65. The predicted molar refractivity (Wildman–Crippen MR) is 54.5 cm³/mol. The van der Waals surface area contributed by atoms with Gasteiger partial charge < -0.3 is 5.73 Å².